The number of aromatic hydroxyl groups is 4. The minimum Gasteiger partial charge on any atom is -0.508 e. The highest BCUT2D eigenvalue weighted by Gasteiger charge is 2.49. The van der Waals surface area contributed by atoms with E-state index in [-0.39, 0.29) is 46.9 Å². The molecule has 1 aliphatic heterocycles. The summed E-state index contributed by atoms with van der Waals surface area (Å²) in [7, 11) is 4.79. The molecular formula is C45H51N3O8. The van der Waals surface area contributed by atoms with Gasteiger partial charge in [0.2, 0.25) is 5.75 Å². The number of likely N-dealkylation sites (N-methyl/N-ethyl adjacent to an activating group) is 1. The monoisotopic (exact) mass is 761 g/mol. The van der Waals surface area contributed by atoms with Gasteiger partial charge in [-0.1, -0.05) is 31.0 Å². The Bertz CT molecular complexity index is 2220. The van der Waals surface area contributed by atoms with Crippen LogP contribution < -0.4 is 20.1 Å². The van der Waals surface area contributed by atoms with Crippen LogP contribution >= 0.6 is 0 Å². The Morgan fingerprint density at radius 1 is 0.911 bits per heavy atom. The maximum absolute atomic E-state index is 15.4. The average molecular weight is 762 g/mol. The van der Waals surface area contributed by atoms with Crippen LogP contribution in [0.25, 0.3) is 10.8 Å². The molecule has 11 heteroatoms. The van der Waals surface area contributed by atoms with Crippen LogP contribution in [-0.4, -0.2) is 70.2 Å². The van der Waals surface area contributed by atoms with Crippen molar-refractivity contribution in [1.82, 2.24) is 10.3 Å². The van der Waals surface area contributed by atoms with Gasteiger partial charge in [0.1, 0.15) is 17.4 Å². The van der Waals surface area contributed by atoms with E-state index in [0.29, 0.717) is 55.8 Å². The Morgan fingerprint density at radius 3 is 2.45 bits per heavy atom. The molecule has 1 saturated carbocycles. The van der Waals surface area contributed by atoms with Crippen molar-refractivity contribution in [1.29, 1.82) is 0 Å². The van der Waals surface area contributed by atoms with Crippen molar-refractivity contribution >= 4 is 28.1 Å². The van der Waals surface area contributed by atoms with E-state index in [1.54, 1.807) is 42.6 Å². The first-order chi connectivity index (χ1) is 27.0. The molecule has 4 unspecified atom stereocenters. The van der Waals surface area contributed by atoms with Crippen molar-refractivity contribution in [3.63, 3.8) is 0 Å². The van der Waals surface area contributed by atoms with Crippen molar-refractivity contribution < 1.29 is 39.8 Å². The predicted molar refractivity (Wildman–Crippen MR) is 216 cm³/mol. The predicted octanol–water partition coefficient (Wildman–Crippen LogP) is 7.69. The summed E-state index contributed by atoms with van der Waals surface area (Å²) >= 11 is 0. The molecule has 56 heavy (non-hydrogen) atoms. The Hall–Kier alpha value is -5.52. The first kappa shape index (κ1) is 38.7. The quantitative estimate of drug-likeness (QED) is 0.0734. The van der Waals surface area contributed by atoms with Crippen LogP contribution in [0.15, 0.2) is 79.0 Å². The van der Waals surface area contributed by atoms with Gasteiger partial charge in [-0.25, -0.2) is 4.98 Å². The van der Waals surface area contributed by atoms with Crippen molar-refractivity contribution in [3.05, 3.63) is 101 Å². The van der Waals surface area contributed by atoms with Crippen molar-refractivity contribution in [2.45, 2.75) is 74.7 Å². The zero-order chi connectivity index (χ0) is 39.6. The number of hydrogen-bond acceptors (Lipinski definition) is 11. The molecule has 11 nitrogen and oxygen atoms in total. The number of benzene rings is 4. The molecule has 2 aliphatic rings. The van der Waals surface area contributed by atoms with Gasteiger partial charge >= 0.3 is 0 Å². The minimum absolute atomic E-state index is 0.0297. The molecule has 1 aliphatic carbocycles. The Labute approximate surface area is 327 Å². The van der Waals surface area contributed by atoms with Crippen molar-refractivity contribution in [2.75, 3.05) is 33.1 Å². The standard InChI is InChI=1S/C45H51N3O8/c1-46-25-30-19-28(29-22-38(53)44(54)40(23-29)56-3)21-37(52)43(36(51)13-7-26-6-12-35(50)39(18-26)55-2)45(15-4-5-16-45)31-14-17-47-41(24-31)48-34-11-8-27-20-32(49)9-10-33(27)42(30)34/h6,8-12,14,17-18,20,22-24,28,30,36,43,46,49-51,53-54H,4-5,7,13,15-16,19,21,25H2,1-3H3,(H,47,48). The van der Waals surface area contributed by atoms with E-state index >= 15 is 4.79 Å². The van der Waals surface area contributed by atoms with Gasteiger partial charge in [-0.05, 0) is 139 Å². The molecule has 2 bridgehead atoms. The largest absolute Gasteiger partial charge is 0.508 e. The second-order valence-corrected chi connectivity index (χ2v) is 15.4. The Kier molecular flexibility index (Phi) is 11.3. The summed E-state index contributed by atoms with van der Waals surface area (Å²) in [6, 6.07) is 21.6. The lowest BCUT2D eigenvalue weighted by molar-refractivity contribution is -0.130. The third-order valence-electron chi connectivity index (χ3n) is 12.1. The van der Waals surface area contributed by atoms with Crippen LogP contribution in [0.3, 0.4) is 0 Å². The van der Waals surface area contributed by atoms with Crippen LogP contribution in [0.5, 0.6) is 34.5 Å². The van der Waals surface area contributed by atoms with Gasteiger partial charge in [0.25, 0.3) is 0 Å². The molecule has 4 aromatic carbocycles. The molecule has 4 atom stereocenters. The van der Waals surface area contributed by atoms with Gasteiger partial charge in [-0.15, -0.1) is 0 Å². The lowest BCUT2D eigenvalue weighted by Gasteiger charge is -2.41. The highest BCUT2D eigenvalue weighted by atomic mass is 16.5. The zero-order valence-corrected chi connectivity index (χ0v) is 32.1. The number of ether oxygens (including phenoxy) is 2. The van der Waals surface area contributed by atoms with Crippen LogP contribution in [0, 0.1) is 5.92 Å². The number of aryl methyl sites for hydroxylation is 1. The number of phenols is 4. The van der Waals surface area contributed by atoms with E-state index in [1.165, 1.54) is 20.3 Å². The highest BCUT2D eigenvalue weighted by molar-refractivity contribution is 5.93. The number of carbonyl (C=O) groups is 1. The molecule has 0 radical (unpaired) electrons. The first-order valence-corrected chi connectivity index (χ1v) is 19.4. The molecule has 1 aromatic heterocycles. The maximum Gasteiger partial charge on any atom is 0.200 e. The fraction of sp³-hybridized carbons (Fsp3) is 0.378. The van der Waals surface area contributed by atoms with Crippen LogP contribution in [0.2, 0.25) is 0 Å². The normalized spacial score (nSPS) is 20.0. The van der Waals surface area contributed by atoms with Gasteiger partial charge in [0.05, 0.1) is 26.2 Å². The summed E-state index contributed by atoms with van der Waals surface area (Å²) < 4.78 is 10.8. The molecule has 0 saturated heterocycles. The number of methoxy groups -OCH3 is 2. The maximum atomic E-state index is 15.4. The summed E-state index contributed by atoms with van der Waals surface area (Å²) in [4.78, 5) is 20.1. The number of nitrogens with zero attached hydrogens (tertiary/aromatic N) is 1. The van der Waals surface area contributed by atoms with Crippen LogP contribution in [0.1, 0.15) is 79.0 Å². The second kappa shape index (κ2) is 16.3. The van der Waals surface area contributed by atoms with Crippen molar-refractivity contribution in [2.24, 2.45) is 5.92 Å². The molecule has 1 spiro atoms. The fourth-order valence-corrected chi connectivity index (χ4v) is 9.48. The molecule has 1 fully saturated rings. The van der Waals surface area contributed by atoms with Gasteiger partial charge in [0, 0.05) is 30.3 Å². The van der Waals surface area contributed by atoms with E-state index in [9.17, 15) is 25.5 Å². The number of phenolic OH excluding ortho intramolecular Hbond substituents is 4. The third-order valence-corrected chi connectivity index (χ3v) is 12.1. The van der Waals surface area contributed by atoms with Gasteiger partial charge in [-0.2, -0.15) is 0 Å². The molecule has 0 amide bonds. The lowest BCUT2D eigenvalue weighted by atomic mass is 9.63. The van der Waals surface area contributed by atoms with E-state index < -0.39 is 23.4 Å². The van der Waals surface area contributed by atoms with Crippen LogP contribution in [0.4, 0.5) is 11.5 Å². The number of hydrogen-bond donors (Lipinski definition) is 7. The summed E-state index contributed by atoms with van der Waals surface area (Å²) in [5.74, 6) is -1.02. The summed E-state index contributed by atoms with van der Waals surface area (Å²) in [6.45, 7) is 0.528. The third kappa shape index (κ3) is 7.53. The average Bonchev–Trinajstić information content (AvgIpc) is 3.68. The SMILES string of the molecule is CNCC1CC(c2cc(O)c(O)c(OC)c2)CC(=O)C(C(O)CCc2ccc(O)c(OC)c2)C2(CCCC2)c2ccnc(c2)Nc2ccc3cc(O)ccc3c21. The van der Waals surface area contributed by atoms with Gasteiger partial charge in [-0.3, -0.25) is 4.79 Å². The van der Waals surface area contributed by atoms with E-state index in [1.807, 2.05) is 37.4 Å². The number of fused-ring (bicyclic) bond motifs is 6. The molecule has 2 heterocycles. The second-order valence-electron chi connectivity index (χ2n) is 15.4. The van der Waals surface area contributed by atoms with Crippen molar-refractivity contribution in [3.8, 4) is 34.5 Å². The molecule has 7 N–H and O–H groups in total. The Morgan fingerprint density at radius 2 is 1.70 bits per heavy atom. The number of pyridine rings is 1. The first-order valence-electron chi connectivity index (χ1n) is 19.4. The minimum atomic E-state index is -1.01. The number of rotatable bonds is 9. The van der Waals surface area contributed by atoms with E-state index in [4.69, 9.17) is 14.5 Å². The number of aliphatic hydroxyl groups is 1. The number of ketones is 1. The fourth-order valence-electron chi connectivity index (χ4n) is 9.48. The zero-order valence-electron chi connectivity index (χ0n) is 32.1. The number of Topliss-reactive ketones (excluding diaryl/α,β-unsaturated/α-hetero) is 1. The molecule has 294 valence electrons. The smallest absolute Gasteiger partial charge is 0.200 e. The molecular weight excluding hydrogens is 711 g/mol. The van der Waals surface area contributed by atoms with Gasteiger partial charge in [0.15, 0.2) is 23.0 Å². The number of carbonyl (C=O) groups excluding carboxylic acids is 1. The number of nitrogens with one attached hydrogen (secondary N) is 2. The highest BCUT2D eigenvalue weighted by Crippen LogP contribution is 2.52. The number of anilines is 2. The molecule has 7 rings (SSSR count). The topological polar surface area (TPSA) is 174 Å². The summed E-state index contributed by atoms with van der Waals surface area (Å²) in [6.07, 6.45) is 5.23. The summed E-state index contributed by atoms with van der Waals surface area (Å²) in [5.41, 5.74) is 3.57. The van der Waals surface area contributed by atoms with E-state index in [0.717, 1.165) is 46.0 Å². The Balaban J connectivity index is 1.40. The molecule has 5 aromatic rings. The number of aliphatic hydroxyl groups excluding tert-OH is 1. The van der Waals surface area contributed by atoms with Gasteiger partial charge < -0.3 is 45.6 Å². The van der Waals surface area contributed by atoms with E-state index in [2.05, 4.69) is 10.6 Å². The number of aromatic nitrogens is 1. The summed E-state index contributed by atoms with van der Waals surface area (Å²) in [5, 5.41) is 63.4. The van der Waals surface area contributed by atoms with Crippen LogP contribution in [-0.2, 0) is 16.6 Å². The lowest BCUT2D eigenvalue weighted by Crippen LogP contribution is -2.45.